The van der Waals surface area contributed by atoms with Crippen molar-refractivity contribution in [3.63, 3.8) is 0 Å². The Bertz CT molecular complexity index is 646. The third-order valence-corrected chi connectivity index (χ3v) is 3.03. The highest BCUT2D eigenvalue weighted by Crippen LogP contribution is 2.15. The lowest BCUT2D eigenvalue weighted by Gasteiger charge is -1.97. The summed E-state index contributed by atoms with van der Waals surface area (Å²) in [6, 6.07) is 17.5. The van der Waals surface area contributed by atoms with E-state index in [1.807, 2.05) is 54.6 Å². The van der Waals surface area contributed by atoms with Crippen LogP contribution >= 0.6 is 15.9 Å². The maximum Gasteiger partial charge on any atom is 0.205 e. The van der Waals surface area contributed by atoms with Gasteiger partial charge in [-0.1, -0.05) is 46.3 Å². The number of benzene rings is 2. The average Bonchev–Trinajstić information content (AvgIpc) is 2.90. The Morgan fingerprint density at radius 1 is 0.889 bits per heavy atom. The van der Waals surface area contributed by atoms with Crippen molar-refractivity contribution >= 4 is 15.9 Å². The topological polar surface area (TPSA) is 43.6 Å². The second-order valence-electron chi connectivity index (χ2n) is 3.74. The Labute approximate surface area is 112 Å². The van der Waals surface area contributed by atoms with Crippen molar-refractivity contribution < 1.29 is 0 Å². The fourth-order valence-electron chi connectivity index (χ4n) is 1.60. The molecule has 0 spiro atoms. The van der Waals surface area contributed by atoms with E-state index in [1.54, 1.807) is 0 Å². The van der Waals surface area contributed by atoms with Gasteiger partial charge in [0.25, 0.3) is 0 Å². The molecule has 0 amide bonds. The predicted molar refractivity (Wildman–Crippen MR) is 72.3 cm³/mol. The van der Waals surface area contributed by atoms with Crippen molar-refractivity contribution in [3.8, 4) is 17.1 Å². The number of halogens is 1. The molecule has 0 unspecified atom stereocenters. The fraction of sp³-hybridized carbons (Fsp3) is 0. The molecular formula is C13H9BrN4. The van der Waals surface area contributed by atoms with Gasteiger partial charge in [-0.2, -0.15) is 0 Å². The molecule has 5 heteroatoms. The van der Waals surface area contributed by atoms with E-state index >= 15 is 0 Å². The first kappa shape index (κ1) is 11.1. The van der Waals surface area contributed by atoms with Gasteiger partial charge in [0.15, 0.2) is 0 Å². The minimum Gasteiger partial charge on any atom is -0.130 e. The van der Waals surface area contributed by atoms with Crippen LogP contribution in [0.3, 0.4) is 0 Å². The van der Waals surface area contributed by atoms with Gasteiger partial charge in [0.2, 0.25) is 5.82 Å². The molecule has 0 aliphatic carbocycles. The molecule has 3 rings (SSSR count). The van der Waals surface area contributed by atoms with E-state index in [4.69, 9.17) is 0 Å². The SMILES string of the molecule is Brc1ccc(-n2nnc(-c3ccccc3)n2)cc1. The standard InChI is InChI=1S/C13H9BrN4/c14-11-6-8-12(9-7-11)18-16-13(15-17-18)10-4-2-1-3-5-10/h1-9H. The van der Waals surface area contributed by atoms with Crippen LogP contribution in [0.15, 0.2) is 59.1 Å². The molecule has 0 bridgehead atoms. The lowest BCUT2D eigenvalue weighted by atomic mass is 10.2. The van der Waals surface area contributed by atoms with E-state index in [0.29, 0.717) is 5.82 Å². The van der Waals surface area contributed by atoms with Crippen molar-refractivity contribution in [2.45, 2.75) is 0 Å². The molecule has 3 aromatic rings. The molecule has 0 N–H and O–H groups in total. The Hall–Kier alpha value is -2.01. The minimum atomic E-state index is 0.624. The molecule has 0 aliphatic rings. The highest BCUT2D eigenvalue weighted by molar-refractivity contribution is 9.10. The van der Waals surface area contributed by atoms with Gasteiger partial charge in [0.1, 0.15) is 0 Å². The molecule has 0 saturated carbocycles. The third-order valence-electron chi connectivity index (χ3n) is 2.50. The number of aromatic nitrogens is 4. The van der Waals surface area contributed by atoms with Crippen molar-refractivity contribution in [1.29, 1.82) is 0 Å². The zero-order valence-electron chi connectivity index (χ0n) is 9.36. The van der Waals surface area contributed by atoms with Gasteiger partial charge in [-0.25, -0.2) is 0 Å². The molecule has 4 nitrogen and oxygen atoms in total. The summed E-state index contributed by atoms with van der Waals surface area (Å²) in [6.07, 6.45) is 0. The largest absolute Gasteiger partial charge is 0.205 e. The molecule has 18 heavy (non-hydrogen) atoms. The molecular weight excluding hydrogens is 292 g/mol. The molecule has 0 fully saturated rings. The summed E-state index contributed by atoms with van der Waals surface area (Å²) in [6.45, 7) is 0. The molecule has 0 atom stereocenters. The molecule has 0 radical (unpaired) electrons. The summed E-state index contributed by atoms with van der Waals surface area (Å²) in [5.41, 5.74) is 1.84. The van der Waals surface area contributed by atoms with Crippen LogP contribution in [-0.2, 0) is 0 Å². The summed E-state index contributed by atoms with van der Waals surface area (Å²) in [7, 11) is 0. The summed E-state index contributed by atoms with van der Waals surface area (Å²) >= 11 is 3.39. The zero-order valence-corrected chi connectivity index (χ0v) is 10.9. The van der Waals surface area contributed by atoms with Gasteiger partial charge in [0.05, 0.1) is 5.69 Å². The van der Waals surface area contributed by atoms with Gasteiger partial charge in [-0.3, -0.25) is 0 Å². The first-order valence-electron chi connectivity index (χ1n) is 5.44. The lowest BCUT2D eigenvalue weighted by molar-refractivity contribution is 0.720. The molecule has 0 aliphatic heterocycles. The Morgan fingerprint density at radius 2 is 1.61 bits per heavy atom. The van der Waals surface area contributed by atoms with Gasteiger partial charge < -0.3 is 0 Å². The summed E-state index contributed by atoms with van der Waals surface area (Å²) < 4.78 is 1.02. The van der Waals surface area contributed by atoms with Gasteiger partial charge in [-0.05, 0) is 29.5 Å². The highest BCUT2D eigenvalue weighted by atomic mass is 79.9. The normalized spacial score (nSPS) is 10.5. The van der Waals surface area contributed by atoms with E-state index in [9.17, 15) is 0 Å². The first-order chi connectivity index (χ1) is 8.83. The highest BCUT2D eigenvalue weighted by Gasteiger charge is 2.06. The predicted octanol–water partition coefficient (Wildman–Crippen LogP) is 3.09. The summed E-state index contributed by atoms with van der Waals surface area (Å²) in [5.74, 6) is 0.624. The third kappa shape index (κ3) is 2.17. The van der Waals surface area contributed by atoms with E-state index in [1.165, 1.54) is 4.80 Å². The second-order valence-corrected chi connectivity index (χ2v) is 4.66. The van der Waals surface area contributed by atoms with Crippen molar-refractivity contribution in [1.82, 2.24) is 20.2 Å². The van der Waals surface area contributed by atoms with Crippen LogP contribution in [0.5, 0.6) is 0 Å². The van der Waals surface area contributed by atoms with Crippen LogP contribution in [0.1, 0.15) is 0 Å². The average molecular weight is 301 g/mol. The van der Waals surface area contributed by atoms with E-state index in [-0.39, 0.29) is 0 Å². The molecule has 0 saturated heterocycles. The van der Waals surface area contributed by atoms with Crippen molar-refractivity contribution in [2.24, 2.45) is 0 Å². The molecule has 1 aromatic heterocycles. The number of rotatable bonds is 2. The maximum atomic E-state index is 4.36. The van der Waals surface area contributed by atoms with Crippen LogP contribution in [0.2, 0.25) is 0 Å². The van der Waals surface area contributed by atoms with Crippen molar-refractivity contribution in [3.05, 3.63) is 59.1 Å². The van der Waals surface area contributed by atoms with Gasteiger partial charge >= 0.3 is 0 Å². The summed E-state index contributed by atoms with van der Waals surface area (Å²) in [5, 5.41) is 12.5. The lowest BCUT2D eigenvalue weighted by Crippen LogP contribution is -1.98. The zero-order chi connectivity index (χ0) is 12.4. The first-order valence-corrected chi connectivity index (χ1v) is 6.23. The fourth-order valence-corrected chi connectivity index (χ4v) is 1.87. The minimum absolute atomic E-state index is 0.624. The number of hydrogen-bond acceptors (Lipinski definition) is 3. The van der Waals surface area contributed by atoms with Crippen LogP contribution in [-0.4, -0.2) is 20.2 Å². The van der Waals surface area contributed by atoms with Crippen LogP contribution in [0.4, 0.5) is 0 Å². The Kier molecular flexibility index (Phi) is 2.90. The number of hydrogen-bond donors (Lipinski definition) is 0. The van der Waals surface area contributed by atoms with Crippen LogP contribution in [0.25, 0.3) is 17.1 Å². The van der Waals surface area contributed by atoms with Gasteiger partial charge in [0, 0.05) is 10.0 Å². The molecule has 1 heterocycles. The van der Waals surface area contributed by atoms with E-state index in [0.717, 1.165) is 15.7 Å². The van der Waals surface area contributed by atoms with Gasteiger partial charge in [-0.15, -0.1) is 15.0 Å². The Balaban J connectivity index is 1.97. The van der Waals surface area contributed by atoms with Crippen molar-refractivity contribution in [2.75, 3.05) is 0 Å². The quantitative estimate of drug-likeness (QED) is 0.730. The van der Waals surface area contributed by atoms with Crippen LogP contribution < -0.4 is 0 Å². The smallest absolute Gasteiger partial charge is 0.130 e. The molecule has 88 valence electrons. The molecule has 2 aromatic carbocycles. The second kappa shape index (κ2) is 4.70. The maximum absolute atomic E-state index is 4.36. The van der Waals surface area contributed by atoms with E-state index in [2.05, 4.69) is 31.3 Å². The Morgan fingerprint density at radius 3 is 2.33 bits per heavy atom. The van der Waals surface area contributed by atoms with E-state index < -0.39 is 0 Å². The number of tetrazole rings is 1. The van der Waals surface area contributed by atoms with Crippen LogP contribution in [0, 0.1) is 0 Å². The monoisotopic (exact) mass is 300 g/mol. The summed E-state index contributed by atoms with van der Waals surface area (Å²) in [4.78, 5) is 1.52. The number of nitrogens with zero attached hydrogens (tertiary/aromatic N) is 4.